The molecule has 106 valence electrons. The zero-order valence-corrected chi connectivity index (χ0v) is 14.4. The summed E-state index contributed by atoms with van der Waals surface area (Å²) in [5.41, 5.74) is 0.610. The van der Waals surface area contributed by atoms with Gasteiger partial charge in [-0.15, -0.1) is 0 Å². The maximum absolute atomic E-state index is 12.0. The van der Waals surface area contributed by atoms with Gasteiger partial charge in [0, 0.05) is 21.6 Å². The van der Waals surface area contributed by atoms with Gasteiger partial charge in [0.1, 0.15) is 0 Å². The average molecular weight is 423 g/mol. The molecule has 1 N–H and O–H groups in total. The van der Waals surface area contributed by atoms with Crippen molar-refractivity contribution in [3.63, 3.8) is 0 Å². The van der Waals surface area contributed by atoms with E-state index in [2.05, 4.69) is 31.9 Å². The topological polar surface area (TPSA) is 66.8 Å². The van der Waals surface area contributed by atoms with Gasteiger partial charge in [0.2, 0.25) is 0 Å². The molecule has 0 aromatic heterocycles. The highest BCUT2D eigenvalue weighted by Gasteiger charge is 2.34. The van der Waals surface area contributed by atoms with Gasteiger partial charge in [-0.05, 0) is 55.8 Å². The zero-order valence-electron chi connectivity index (χ0n) is 10.4. The number of hydrogen-bond acceptors (Lipinski definition) is 5. The lowest BCUT2D eigenvalue weighted by Gasteiger charge is -2.10. The van der Waals surface area contributed by atoms with Gasteiger partial charge in [-0.2, -0.15) is 0 Å². The number of amides is 2. The molecule has 0 spiro atoms. The summed E-state index contributed by atoms with van der Waals surface area (Å²) in [7, 11) is 2.86. The second-order valence-electron chi connectivity index (χ2n) is 3.88. The van der Waals surface area contributed by atoms with Crippen LogP contribution in [0.2, 0.25) is 0 Å². The molecule has 1 heterocycles. The van der Waals surface area contributed by atoms with E-state index in [0.717, 1.165) is 16.7 Å². The molecular formula is C12H9Br2NO4S. The van der Waals surface area contributed by atoms with E-state index in [1.165, 1.54) is 20.2 Å². The minimum absolute atomic E-state index is 0.0213. The second-order valence-corrected chi connectivity index (χ2v) is 6.49. The lowest BCUT2D eigenvalue weighted by atomic mass is 10.2. The van der Waals surface area contributed by atoms with Gasteiger partial charge in [-0.1, -0.05) is 0 Å². The first-order chi connectivity index (χ1) is 9.36. The number of carbonyl (C=O) groups excluding carboxylic acids is 2. The number of ether oxygens (including phenoxy) is 1. The molecule has 0 saturated carbocycles. The Hall–Kier alpha value is -0.990. The molecule has 0 unspecified atom stereocenters. The predicted molar refractivity (Wildman–Crippen MR) is 84.0 cm³/mol. The van der Waals surface area contributed by atoms with Crippen LogP contribution in [0.3, 0.4) is 0 Å². The molecule has 1 saturated heterocycles. The summed E-state index contributed by atoms with van der Waals surface area (Å²) >= 11 is 7.51. The van der Waals surface area contributed by atoms with Crippen molar-refractivity contribution in [2.75, 3.05) is 14.2 Å². The molecule has 1 fully saturated rings. The Morgan fingerprint density at radius 3 is 2.55 bits per heavy atom. The number of thioether (sulfide) groups is 1. The molecule has 0 radical (unpaired) electrons. The van der Waals surface area contributed by atoms with Crippen molar-refractivity contribution < 1.29 is 19.4 Å². The van der Waals surface area contributed by atoms with Gasteiger partial charge < -0.3 is 9.84 Å². The van der Waals surface area contributed by atoms with Gasteiger partial charge >= 0.3 is 0 Å². The lowest BCUT2D eigenvalue weighted by molar-refractivity contribution is -0.121. The number of carbonyl (C=O) groups is 2. The standard InChI is InChI=1S/C12H9Br2NO4S/c1-15-11(17)10(20-12(15)18)9(14)5-3-8(19-2)7(16)4-6(5)13/h3-4,16H,1-2H3/b10-9+. The first-order valence-electron chi connectivity index (χ1n) is 5.33. The fraction of sp³-hybridized carbons (Fsp3) is 0.167. The molecule has 1 aliphatic heterocycles. The summed E-state index contributed by atoms with van der Waals surface area (Å²) < 4.78 is 6.08. The van der Waals surface area contributed by atoms with E-state index in [1.54, 1.807) is 6.07 Å². The second kappa shape index (κ2) is 5.79. The number of phenolic OH excluding ortho intramolecular Hbond substituents is 1. The summed E-state index contributed by atoms with van der Waals surface area (Å²) in [5, 5.41) is 9.35. The number of rotatable bonds is 2. The molecule has 2 rings (SSSR count). The molecule has 1 aromatic rings. The van der Waals surface area contributed by atoms with Crippen molar-refractivity contribution in [2.45, 2.75) is 0 Å². The van der Waals surface area contributed by atoms with E-state index in [4.69, 9.17) is 4.74 Å². The quantitative estimate of drug-likeness (QED) is 0.738. The Balaban J connectivity index is 2.57. The predicted octanol–water partition coefficient (Wildman–Crippen LogP) is 3.55. The van der Waals surface area contributed by atoms with Crippen LogP contribution in [0.5, 0.6) is 11.5 Å². The van der Waals surface area contributed by atoms with Crippen LogP contribution in [-0.2, 0) is 4.79 Å². The van der Waals surface area contributed by atoms with E-state index < -0.39 is 0 Å². The highest BCUT2D eigenvalue weighted by molar-refractivity contribution is 9.15. The fourth-order valence-electron chi connectivity index (χ4n) is 1.57. The molecule has 20 heavy (non-hydrogen) atoms. The van der Waals surface area contributed by atoms with Crippen LogP contribution >= 0.6 is 43.6 Å². The van der Waals surface area contributed by atoms with E-state index in [-0.39, 0.29) is 22.6 Å². The van der Waals surface area contributed by atoms with Crippen molar-refractivity contribution in [3.05, 3.63) is 27.1 Å². The molecule has 1 aliphatic rings. The van der Waals surface area contributed by atoms with Crippen LogP contribution in [0.4, 0.5) is 4.79 Å². The Kier molecular flexibility index (Phi) is 4.46. The van der Waals surface area contributed by atoms with Crippen molar-refractivity contribution in [1.82, 2.24) is 4.90 Å². The summed E-state index contributed by atoms with van der Waals surface area (Å²) in [6.07, 6.45) is 0. The van der Waals surface area contributed by atoms with E-state index in [1.807, 2.05) is 0 Å². The highest BCUT2D eigenvalue weighted by atomic mass is 79.9. The molecule has 2 amide bonds. The third kappa shape index (κ3) is 2.59. The number of halogens is 2. The summed E-state index contributed by atoms with van der Waals surface area (Å²) in [6, 6.07) is 3.04. The maximum atomic E-state index is 12.0. The van der Waals surface area contributed by atoms with Crippen LogP contribution in [0.1, 0.15) is 5.56 Å². The van der Waals surface area contributed by atoms with Crippen LogP contribution in [0.25, 0.3) is 4.48 Å². The molecule has 1 aromatic carbocycles. The molecule has 0 bridgehead atoms. The van der Waals surface area contributed by atoms with Gasteiger partial charge in [0.05, 0.1) is 12.0 Å². The molecule has 8 heteroatoms. The van der Waals surface area contributed by atoms with Crippen molar-refractivity contribution in [3.8, 4) is 11.5 Å². The smallest absolute Gasteiger partial charge is 0.293 e. The first kappa shape index (κ1) is 15.4. The first-order valence-corrected chi connectivity index (χ1v) is 7.73. The summed E-state index contributed by atoms with van der Waals surface area (Å²) in [4.78, 5) is 24.8. The number of nitrogens with zero attached hydrogens (tertiary/aromatic N) is 1. The SMILES string of the molecule is COc1cc(/C(Br)=C2\SC(=O)N(C)C2=O)c(Br)cc1O. The Morgan fingerprint density at radius 2 is 2.05 bits per heavy atom. The minimum Gasteiger partial charge on any atom is -0.504 e. The number of methoxy groups -OCH3 is 1. The molecule has 5 nitrogen and oxygen atoms in total. The Bertz CT molecular complexity index is 645. The monoisotopic (exact) mass is 421 g/mol. The normalized spacial score (nSPS) is 17.7. The molecule has 0 atom stereocenters. The van der Waals surface area contributed by atoms with Gasteiger partial charge in [0.25, 0.3) is 11.1 Å². The molecular weight excluding hydrogens is 414 g/mol. The van der Waals surface area contributed by atoms with E-state index in [0.29, 0.717) is 19.4 Å². The van der Waals surface area contributed by atoms with Crippen LogP contribution in [0.15, 0.2) is 21.5 Å². The average Bonchev–Trinajstić information content (AvgIpc) is 2.66. The highest BCUT2D eigenvalue weighted by Crippen LogP contribution is 2.43. The third-order valence-electron chi connectivity index (χ3n) is 2.67. The number of hydrogen-bond donors (Lipinski definition) is 1. The summed E-state index contributed by atoms with van der Waals surface area (Å²) in [6.45, 7) is 0. The number of imide groups is 1. The molecule has 0 aliphatic carbocycles. The van der Waals surface area contributed by atoms with Gasteiger partial charge in [-0.25, -0.2) is 0 Å². The third-order valence-corrected chi connectivity index (χ3v) is 5.44. The van der Waals surface area contributed by atoms with E-state index in [9.17, 15) is 14.7 Å². The zero-order chi connectivity index (χ0) is 15.0. The Labute approximate surface area is 136 Å². The number of benzene rings is 1. The number of phenols is 1. The number of aromatic hydroxyl groups is 1. The fourth-order valence-corrected chi connectivity index (χ4v) is 3.92. The van der Waals surface area contributed by atoms with Crippen LogP contribution in [-0.4, -0.2) is 35.3 Å². The Morgan fingerprint density at radius 1 is 1.40 bits per heavy atom. The lowest BCUT2D eigenvalue weighted by Crippen LogP contribution is -2.22. The van der Waals surface area contributed by atoms with Crippen molar-refractivity contribution in [1.29, 1.82) is 0 Å². The van der Waals surface area contributed by atoms with Crippen molar-refractivity contribution >= 4 is 59.3 Å². The van der Waals surface area contributed by atoms with Crippen LogP contribution < -0.4 is 4.74 Å². The van der Waals surface area contributed by atoms with Gasteiger partial charge in [0.15, 0.2) is 11.5 Å². The minimum atomic E-state index is -0.370. The largest absolute Gasteiger partial charge is 0.504 e. The van der Waals surface area contributed by atoms with E-state index >= 15 is 0 Å². The summed E-state index contributed by atoms with van der Waals surface area (Å²) in [5.74, 6) is -0.117. The van der Waals surface area contributed by atoms with Gasteiger partial charge in [-0.3, -0.25) is 14.5 Å². The van der Waals surface area contributed by atoms with Crippen molar-refractivity contribution in [2.24, 2.45) is 0 Å². The number of likely N-dealkylation sites (N-methyl/N-ethyl adjacent to an activating group) is 1. The van der Waals surface area contributed by atoms with Crippen LogP contribution in [0, 0.1) is 0 Å². The maximum Gasteiger partial charge on any atom is 0.293 e.